The molecule has 0 saturated carbocycles. The summed E-state index contributed by atoms with van der Waals surface area (Å²) in [5.74, 6) is 0.800. The monoisotopic (exact) mass is 429 g/mol. The van der Waals surface area contributed by atoms with Gasteiger partial charge in [0.25, 0.3) is 0 Å². The molecule has 2 aromatic heterocycles. The molecular formula is C15H13ClIN3O2. The van der Waals surface area contributed by atoms with Crippen molar-refractivity contribution in [1.82, 2.24) is 14.5 Å². The molecule has 7 heteroatoms. The van der Waals surface area contributed by atoms with Crippen LogP contribution >= 0.6 is 34.2 Å². The van der Waals surface area contributed by atoms with Crippen LogP contribution in [0.1, 0.15) is 0 Å². The highest BCUT2D eigenvalue weighted by Gasteiger charge is 2.13. The number of methoxy groups -OCH3 is 1. The molecule has 0 bridgehead atoms. The molecule has 0 N–H and O–H groups in total. The Hall–Kier alpha value is -1.38. The highest BCUT2D eigenvalue weighted by atomic mass is 127. The van der Waals surface area contributed by atoms with Gasteiger partial charge in [0.2, 0.25) is 0 Å². The summed E-state index contributed by atoms with van der Waals surface area (Å²) in [7, 11) is 1.65. The standard InChI is InChI=1S/C15H13ClIN3O2/c1-21-6-7-22-11-4-2-10(3-5-11)20-8-12(17)13-14(20)15(16)19-9-18-13/h2-5,8-9H,6-7H2,1H3. The molecule has 0 atom stereocenters. The van der Waals surface area contributed by atoms with Gasteiger partial charge in [-0.3, -0.25) is 0 Å². The molecule has 22 heavy (non-hydrogen) atoms. The van der Waals surface area contributed by atoms with Crippen molar-refractivity contribution in [2.45, 2.75) is 0 Å². The zero-order valence-electron chi connectivity index (χ0n) is 11.8. The summed E-state index contributed by atoms with van der Waals surface area (Å²) >= 11 is 8.47. The molecule has 0 radical (unpaired) electrons. The van der Waals surface area contributed by atoms with Gasteiger partial charge in [0.15, 0.2) is 5.15 Å². The van der Waals surface area contributed by atoms with Crippen LogP contribution in [0, 0.1) is 3.57 Å². The molecule has 0 aliphatic rings. The van der Waals surface area contributed by atoms with Crippen LogP contribution in [0.3, 0.4) is 0 Å². The van der Waals surface area contributed by atoms with Gasteiger partial charge in [0.05, 0.1) is 10.2 Å². The van der Waals surface area contributed by atoms with Crippen LogP contribution in [-0.4, -0.2) is 34.9 Å². The fourth-order valence-corrected chi connectivity index (χ4v) is 3.03. The van der Waals surface area contributed by atoms with Crippen LogP contribution in [0.15, 0.2) is 36.8 Å². The maximum Gasteiger partial charge on any atom is 0.157 e. The lowest BCUT2D eigenvalue weighted by atomic mass is 10.3. The first-order valence-electron chi connectivity index (χ1n) is 6.60. The summed E-state index contributed by atoms with van der Waals surface area (Å²) in [6, 6.07) is 7.78. The van der Waals surface area contributed by atoms with E-state index in [0.717, 1.165) is 26.0 Å². The van der Waals surface area contributed by atoms with Gasteiger partial charge in [-0.05, 0) is 46.9 Å². The molecule has 2 heterocycles. The predicted octanol–water partition coefficient (Wildman–Crippen LogP) is 3.70. The summed E-state index contributed by atoms with van der Waals surface area (Å²) in [6.07, 6.45) is 3.47. The van der Waals surface area contributed by atoms with Crippen LogP contribution in [-0.2, 0) is 4.74 Å². The number of hydrogen-bond acceptors (Lipinski definition) is 4. The van der Waals surface area contributed by atoms with Gasteiger partial charge < -0.3 is 14.0 Å². The Morgan fingerprint density at radius 1 is 1.18 bits per heavy atom. The van der Waals surface area contributed by atoms with Gasteiger partial charge in [-0.2, -0.15) is 0 Å². The normalized spacial score (nSPS) is 11.0. The average Bonchev–Trinajstić information content (AvgIpc) is 2.87. The SMILES string of the molecule is COCCOc1ccc(-n2cc(I)c3ncnc(Cl)c32)cc1. The second kappa shape index (κ2) is 6.80. The van der Waals surface area contributed by atoms with Gasteiger partial charge in [-0.1, -0.05) is 11.6 Å². The topological polar surface area (TPSA) is 49.2 Å². The van der Waals surface area contributed by atoms with Crippen LogP contribution in [0.4, 0.5) is 0 Å². The van der Waals surface area contributed by atoms with E-state index in [9.17, 15) is 0 Å². The Morgan fingerprint density at radius 2 is 1.95 bits per heavy atom. The molecule has 0 fully saturated rings. The van der Waals surface area contributed by atoms with Gasteiger partial charge in [-0.15, -0.1) is 0 Å². The number of hydrogen-bond donors (Lipinski definition) is 0. The Bertz CT molecular complexity index is 789. The molecule has 5 nitrogen and oxygen atoms in total. The molecule has 1 aromatic carbocycles. The molecule has 0 aliphatic carbocycles. The van der Waals surface area contributed by atoms with Crippen LogP contribution < -0.4 is 4.74 Å². The van der Waals surface area contributed by atoms with E-state index in [1.165, 1.54) is 6.33 Å². The van der Waals surface area contributed by atoms with Crippen molar-refractivity contribution in [3.05, 3.63) is 45.5 Å². The largest absolute Gasteiger partial charge is 0.491 e. The smallest absolute Gasteiger partial charge is 0.157 e. The summed E-state index contributed by atoms with van der Waals surface area (Å²) in [6.45, 7) is 1.09. The van der Waals surface area contributed by atoms with E-state index in [0.29, 0.717) is 18.4 Å². The first-order valence-corrected chi connectivity index (χ1v) is 8.05. The first kappa shape index (κ1) is 15.5. The summed E-state index contributed by atoms with van der Waals surface area (Å²) in [5.41, 5.74) is 2.63. The third-order valence-corrected chi connectivity index (χ3v) is 4.22. The highest BCUT2D eigenvalue weighted by Crippen LogP contribution is 2.29. The van der Waals surface area contributed by atoms with Gasteiger partial charge in [0.1, 0.15) is 29.7 Å². The molecular weight excluding hydrogens is 417 g/mol. The Kier molecular flexibility index (Phi) is 4.80. The number of fused-ring (bicyclic) bond motifs is 1. The Labute approximate surface area is 146 Å². The average molecular weight is 430 g/mol. The summed E-state index contributed by atoms with van der Waals surface area (Å²) in [4.78, 5) is 8.36. The van der Waals surface area contributed by atoms with Crippen LogP contribution in [0.2, 0.25) is 5.15 Å². The van der Waals surface area contributed by atoms with E-state index in [4.69, 9.17) is 21.1 Å². The minimum atomic E-state index is 0.438. The fourth-order valence-electron chi connectivity index (χ4n) is 2.13. The van der Waals surface area contributed by atoms with E-state index >= 15 is 0 Å². The maximum atomic E-state index is 6.23. The molecule has 0 amide bonds. The molecule has 3 aromatic rings. The second-order valence-corrected chi connectivity index (χ2v) is 6.06. The lowest BCUT2D eigenvalue weighted by molar-refractivity contribution is 0.146. The molecule has 0 unspecified atom stereocenters. The summed E-state index contributed by atoms with van der Waals surface area (Å²) in [5, 5.41) is 0.438. The quantitative estimate of drug-likeness (QED) is 0.352. The van der Waals surface area contributed by atoms with E-state index in [-0.39, 0.29) is 0 Å². The number of ether oxygens (including phenoxy) is 2. The molecule has 114 valence electrons. The van der Waals surface area contributed by atoms with Crippen molar-refractivity contribution in [3.63, 3.8) is 0 Å². The minimum absolute atomic E-state index is 0.438. The number of halogens is 2. The van der Waals surface area contributed by atoms with Crippen LogP contribution in [0.25, 0.3) is 16.7 Å². The zero-order valence-corrected chi connectivity index (χ0v) is 14.7. The number of aromatic nitrogens is 3. The van der Waals surface area contributed by atoms with Crippen LogP contribution in [0.5, 0.6) is 5.75 Å². The van der Waals surface area contributed by atoms with Crippen molar-refractivity contribution in [2.75, 3.05) is 20.3 Å². The Balaban J connectivity index is 1.94. The van der Waals surface area contributed by atoms with E-state index in [2.05, 4.69) is 32.6 Å². The lowest BCUT2D eigenvalue weighted by Gasteiger charge is -2.08. The third-order valence-electron chi connectivity index (χ3n) is 3.16. The van der Waals surface area contributed by atoms with E-state index < -0.39 is 0 Å². The lowest BCUT2D eigenvalue weighted by Crippen LogP contribution is -2.04. The number of benzene rings is 1. The van der Waals surface area contributed by atoms with Gasteiger partial charge in [0, 0.05) is 19.0 Å². The van der Waals surface area contributed by atoms with Crippen molar-refractivity contribution in [2.24, 2.45) is 0 Å². The number of nitrogens with zero attached hydrogens (tertiary/aromatic N) is 3. The minimum Gasteiger partial charge on any atom is -0.491 e. The second-order valence-electron chi connectivity index (χ2n) is 4.54. The van der Waals surface area contributed by atoms with Crippen molar-refractivity contribution in [3.8, 4) is 11.4 Å². The fraction of sp³-hybridized carbons (Fsp3) is 0.200. The van der Waals surface area contributed by atoms with Crippen molar-refractivity contribution in [1.29, 1.82) is 0 Å². The summed E-state index contributed by atoms with van der Waals surface area (Å²) < 4.78 is 13.5. The van der Waals surface area contributed by atoms with Crippen molar-refractivity contribution < 1.29 is 9.47 Å². The molecule has 3 rings (SSSR count). The molecule has 0 saturated heterocycles. The number of rotatable bonds is 5. The molecule has 0 aliphatic heterocycles. The van der Waals surface area contributed by atoms with E-state index in [1.54, 1.807) is 7.11 Å². The highest BCUT2D eigenvalue weighted by molar-refractivity contribution is 14.1. The first-order chi connectivity index (χ1) is 10.7. The maximum absolute atomic E-state index is 6.23. The van der Waals surface area contributed by atoms with Crippen molar-refractivity contribution >= 4 is 45.2 Å². The third kappa shape index (κ3) is 3.04. The Morgan fingerprint density at radius 3 is 2.68 bits per heavy atom. The predicted molar refractivity (Wildman–Crippen MR) is 94.0 cm³/mol. The van der Waals surface area contributed by atoms with E-state index in [1.807, 2.05) is 35.0 Å². The van der Waals surface area contributed by atoms with Gasteiger partial charge >= 0.3 is 0 Å². The molecule has 0 spiro atoms. The zero-order chi connectivity index (χ0) is 15.5. The van der Waals surface area contributed by atoms with Gasteiger partial charge in [-0.25, -0.2) is 9.97 Å².